The zero-order valence-corrected chi connectivity index (χ0v) is 8.15. The van der Waals surface area contributed by atoms with E-state index < -0.39 is 0 Å². The van der Waals surface area contributed by atoms with Gasteiger partial charge in [-0.3, -0.25) is 3.53 Å². The molecule has 1 rings (SSSR count). The third kappa shape index (κ3) is 2.43. The molecule has 0 saturated heterocycles. The van der Waals surface area contributed by atoms with Gasteiger partial charge in [-0.2, -0.15) is 0 Å². The van der Waals surface area contributed by atoms with Crippen molar-refractivity contribution in [3.63, 3.8) is 0 Å². The number of aliphatic hydroxyl groups is 1. The van der Waals surface area contributed by atoms with Crippen LogP contribution in [0.4, 0.5) is 0 Å². The van der Waals surface area contributed by atoms with Crippen molar-refractivity contribution in [3.8, 4) is 0 Å². The lowest BCUT2D eigenvalue weighted by atomic mass is 10.1. The molecule has 1 aromatic rings. The number of rotatable bonds is 3. The highest BCUT2D eigenvalue weighted by Crippen LogP contribution is 2.12. The van der Waals surface area contributed by atoms with E-state index in [1.807, 2.05) is 53.2 Å². The third-order valence-electron chi connectivity index (χ3n) is 1.52. The SMILES string of the molecule is OC[C@H](NI)c1ccccc1. The van der Waals surface area contributed by atoms with Gasteiger partial charge in [0.25, 0.3) is 0 Å². The summed E-state index contributed by atoms with van der Waals surface area (Å²) in [5, 5.41) is 8.91. The molecule has 0 unspecified atom stereocenters. The molecular formula is C8H10INO. The van der Waals surface area contributed by atoms with Gasteiger partial charge >= 0.3 is 0 Å². The molecule has 60 valence electrons. The van der Waals surface area contributed by atoms with Crippen molar-refractivity contribution >= 4 is 22.9 Å². The van der Waals surface area contributed by atoms with Gasteiger partial charge < -0.3 is 5.11 Å². The first-order valence-corrected chi connectivity index (χ1v) is 4.48. The van der Waals surface area contributed by atoms with Gasteiger partial charge in [-0.05, 0) is 5.56 Å². The molecule has 11 heavy (non-hydrogen) atoms. The molecule has 0 aliphatic heterocycles. The van der Waals surface area contributed by atoms with Crippen LogP contribution in [0.3, 0.4) is 0 Å². The lowest BCUT2D eigenvalue weighted by Gasteiger charge is -2.10. The van der Waals surface area contributed by atoms with Crippen molar-refractivity contribution < 1.29 is 5.11 Å². The molecule has 2 nitrogen and oxygen atoms in total. The molecule has 0 heterocycles. The summed E-state index contributed by atoms with van der Waals surface area (Å²) in [6, 6.07) is 9.93. The van der Waals surface area contributed by atoms with E-state index in [1.54, 1.807) is 0 Å². The Morgan fingerprint density at radius 1 is 1.36 bits per heavy atom. The minimum Gasteiger partial charge on any atom is -0.394 e. The predicted molar refractivity (Wildman–Crippen MR) is 53.4 cm³/mol. The fraction of sp³-hybridized carbons (Fsp3) is 0.250. The molecule has 0 fully saturated rings. The quantitative estimate of drug-likeness (QED) is 0.642. The van der Waals surface area contributed by atoms with Gasteiger partial charge in [0.2, 0.25) is 0 Å². The van der Waals surface area contributed by atoms with Crippen molar-refractivity contribution in [1.29, 1.82) is 0 Å². The monoisotopic (exact) mass is 263 g/mol. The zero-order valence-electron chi connectivity index (χ0n) is 6.00. The highest BCUT2D eigenvalue weighted by atomic mass is 127. The van der Waals surface area contributed by atoms with Crippen molar-refractivity contribution in [2.24, 2.45) is 0 Å². The van der Waals surface area contributed by atoms with Gasteiger partial charge in [-0.25, -0.2) is 0 Å². The van der Waals surface area contributed by atoms with Crippen LogP contribution < -0.4 is 3.53 Å². The van der Waals surface area contributed by atoms with Crippen LogP contribution in [0.5, 0.6) is 0 Å². The highest BCUT2D eigenvalue weighted by Gasteiger charge is 2.05. The molecule has 1 aromatic carbocycles. The van der Waals surface area contributed by atoms with Gasteiger partial charge in [0, 0.05) is 22.9 Å². The molecule has 0 spiro atoms. The first kappa shape index (κ1) is 8.96. The van der Waals surface area contributed by atoms with Crippen LogP contribution in [0.1, 0.15) is 11.6 Å². The standard InChI is InChI=1S/C8H10INO/c9-10-8(6-11)7-4-2-1-3-5-7/h1-5,8,10-11H,6H2/t8-/m0/s1. The molecule has 0 saturated carbocycles. The van der Waals surface area contributed by atoms with E-state index >= 15 is 0 Å². The second-order valence-corrected chi connectivity index (χ2v) is 2.88. The Hall–Kier alpha value is -0.130. The number of hydrogen-bond acceptors (Lipinski definition) is 2. The molecule has 0 aliphatic rings. The summed E-state index contributed by atoms with van der Waals surface area (Å²) in [4.78, 5) is 0. The number of benzene rings is 1. The summed E-state index contributed by atoms with van der Waals surface area (Å²) in [6.07, 6.45) is 0. The van der Waals surface area contributed by atoms with E-state index in [0.29, 0.717) is 0 Å². The molecule has 2 N–H and O–H groups in total. The summed E-state index contributed by atoms with van der Waals surface area (Å²) >= 11 is 2.04. The minimum absolute atomic E-state index is 0.0526. The van der Waals surface area contributed by atoms with E-state index in [0.717, 1.165) is 5.56 Å². The Balaban J connectivity index is 2.74. The summed E-state index contributed by atoms with van der Waals surface area (Å²) in [6.45, 7) is 0.132. The van der Waals surface area contributed by atoms with E-state index in [-0.39, 0.29) is 12.6 Å². The Morgan fingerprint density at radius 3 is 2.45 bits per heavy atom. The highest BCUT2D eigenvalue weighted by molar-refractivity contribution is 14.1. The number of aliphatic hydroxyl groups excluding tert-OH is 1. The maximum absolute atomic E-state index is 8.91. The summed E-state index contributed by atoms with van der Waals surface area (Å²) in [5.41, 5.74) is 1.12. The lowest BCUT2D eigenvalue weighted by Crippen LogP contribution is -2.14. The van der Waals surface area contributed by atoms with Crippen LogP contribution in [-0.2, 0) is 0 Å². The number of nitrogens with one attached hydrogen (secondary N) is 1. The van der Waals surface area contributed by atoms with Crippen molar-refractivity contribution in [3.05, 3.63) is 35.9 Å². The average Bonchev–Trinajstić information content (AvgIpc) is 2.09. The van der Waals surface area contributed by atoms with E-state index in [4.69, 9.17) is 5.11 Å². The maximum atomic E-state index is 8.91. The summed E-state index contributed by atoms with van der Waals surface area (Å²) in [5.74, 6) is 0. The van der Waals surface area contributed by atoms with Gasteiger partial charge in [0.1, 0.15) is 0 Å². The van der Waals surface area contributed by atoms with Gasteiger partial charge in [-0.1, -0.05) is 30.3 Å². The first-order chi connectivity index (χ1) is 5.38. The van der Waals surface area contributed by atoms with E-state index in [9.17, 15) is 0 Å². The van der Waals surface area contributed by atoms with Gasteiger partial charge in [0.15, 0.2) is 0 Å². The molecule has 0 bridgehead atoms. The van der Waals surface area contributed by atoms with Crippen molar-refractivity contribution in [2.45, 2.75) is 6.04 Å². The first-order valence-electron chi connectivity index (χ1n) is 3.40. The summed E-state index contributed by atoms with van der Waals surface area (Å²) < 4.78 is 2.99. The second-order valence-electron chi connectivity index (χ2n) is 2.25. The van der Waals surface area contributed by atoms with Crippen LogP contribution in [0, 0.1) is 0 Å². The minimum atomic E-state index is 0.0526. The fourth-order valence-electron chi connectivity index (χ4n) is 0.888. The van der Waals surface area contributed by atoms with Crippen LogP contribution in [0.25, 0.3) is 0 Å². The van der Waals surface area contributed by atoms with Crippen molar-refractivity contribution in [1.82, 2.24) is 3.53 Å². The lowest BCUT2D eigenvalue weighted by molar-refractivity contribution is 0.263. The second kappa shape index (κ2) is 4.69. The number of halogens is 1. The maximum Gasteiger partial charge on any atom is 0.0644 e. The number of hydrogen-bond donors (Lipinski definition) is 2. The molecule has 3 heteroatoms. The Bertz CT molecular complexity index is 199. The topological polar surface area (TPSA) is 32.3 Å². The van der Waals surface area contributed by atoms with Gasteiger partial charge in [-0.15, -0.1) is 0 Å². The van der Waals surface area contributed by atoms with Crippen molar-refractivity contribution in [2.75, 3.05) is 6.61 Å². The Kier molecular flexibility index (Phi) is 3.82. The predicted octanol–water partition coefficient (Wildman–Crippen LogP) is 1.66. The van der Waals surface area contributed by atoms with Crippen LogP contribution in [0.2, 0.25) is 0 Å². The largest absolute Gasteiger partial charge is 0.394 e. The molecule has 0 amide bonds. The molecule has 0 aliphatic carbocycles. The molecule has 1 atom stereocenters. The van der Waals surface area contributed by atoms with Gasteiger partial charge in [0.05, 0.1) is 12.6 Å². The van der Waals surface area contributed by atoms with Crippen LogP contribution in [0.15, 0.2) is 30.3 Å². The summed E-state index contributed by atoms with van der Waals surface area (Å²) in [7, 11) is 0. The van der Waals surface area contributed by atoms with E-state index in [2.05, 4.69) is 3.53 Å². The Morgan fingerprint density at radius 2 is 2.00 bits per heavy atom. The fourth-order valence-corrected chi connectivity index (χ4v) is 1.44. The smallest absolute Gasteiger partial charge is 0.0644 e. The average molecular weight is 263 g/mol. The van der Waals surface area contributed by atoms with E-state index in [1.165, 1.54) is 0 Å². The molecule has 0 radical (unpaired) electrons. The normalized spacial score (nSPS) is 12.9. The van der Waals surface area contributed by atoms with Crippen LogP contribution in [-0.4, -0.2) is 11.7 Å². The zero-order chi connectivity index (χ0) is 8.10. The van der Waals surface area contributed by atoms with Crippen LogP contribution >= 0.6 is 22.9 Å². The molecular weight excluding hydrogens is 253 g/mol. The Labute approximate surface area is 80.1 Å². The third-order valence-corrected chi connectivity index (χ3v) is 2.27. The molecule has 0 aromatic heterocycles.